The van der Waals surface area contributed by atoms with Crippen molar-refractivity contribution in [2.75, 3.05) is 0 Å². The Kier molecular flexibility index (Phi) is 25.0. The molecule has 0 radical (unpaired) electrons. The van der Waals surface area contributed by atoms with Crippen LogP contribution in [0.1, 0.15) is 187 Å². The van der Waals surface area contributed by atoms with Gasteiger partial charge in [-0.25, -0.2) is 19.4 Å². The summed E-state index contributed by atoms with van der Waals surface area (Å²) in [5.41, 5.74) is 0. The summed E-state index contributed by atoms with van der Waals surface area (Å²) in [6, 6.07) is 0. The number of allylic oxidation sites excluding steroid dienone is 2. The van der Waals surface area contributed by atoms with Crippen LogP contribution in [-0.2, 0) is 28.9 Å². The predicted octanol–water partition coefficient (Wildman–Crippen LogP) is 10.9. The second kappa shape index (κ2) is 27.7. The van der Waals surface area contributed by atoms with Crippen molar-refractivity contribution in [3.8, 4) is 0 Å². The molecule has 0 bridgehead atoms. The van der Waals surface area contributed by atoms with E-state index in [0.717, 1.165) is 38.2 Å². The normalized spacial score (nSPS) is 12.5. The second-order valence-corrected chi connectivity index (χ2v) is 12.1. The van der Waals surface area contributed by atoms with Crippen LogP contribution in [0.25, 0.3) is 0 Å². The maximum absolute atomic E-state index is 12.0. The van der Waals surface area contributed by atoms with Gasteiger partial charge in [0.2, 0.25) is 0 Å². The Balaban J connectivity index is 1.94. The molecule has 0 fully saturated rings. The molecule has 0 aromatic carbocycles. The first kappa shape index (κ1) is 37.9. The molecule has 1 rings (SSSR count). The summed E-state index contributed by atoms with van der Waals surface area (Å²) >= 11 is 0. The lowest BCUT2D eigenvalue weighted by Gasteiger charge is -2.02. The zero-order valence-electron chi connectivity index (χ0n) is 27.2. The summed E-state index contributed by atoms with van der Waals surface area (Å²) in [7, 11) is 0. The quantitative estimate of drug-likeness (QED) is 0.0358. The molecule has 6 nitrogen and oxygen atoms in total. The summed E-state index contributed by atoms with van der Waals surface area (Å²) in [6.45, 7) is 4.50. The van der Waals surface area contributed by atoms with Crippen LogP contribution in [0.5, 0.6) is 0 Å². The number of rotatable bonds is 30. The minimum absolute atomic E-state index is 0.126. The molecule has 0 unspecified atom stereocenters. The third-order valence-electron chi connectivity index (χ3n) is 8.01. The fraction of sp³-hybridized carbons (Fsp3) is 0.806. The Morgan fingerprint density at radius 3 is 1.38 bits per heavy atom. The van der Waals surface area contributed by atoms with Gasteiger partial charge in [-0.15, -0.1) is 0 Å². The number of carbonyl (C=O) groups excluding carboxylic acids is 3. The first-order valence-corrected chi connectivity index (χ1v) is 17.6. The highest BCUT2D eigenvalue weighted by Gasteiger charge is 2.34. The lowest BCUT2D eigenvalue weighted by Crippen LogP contribution is -2.09. The molecule has 0 saturated carbocycles. The predicted molar refractivity (Wildman–Crippen MR) is 170 cm³/mol. The molecule has 0 amide bonds. The molecule has 1 aliphatic rings. The van der Waals surface area contributed by atoms with Crippen LogP contribution in [0, 0.1) is 0 Å². The fourth-order valence-corrected chi connectivity index (χ4v) is 5.25. The highest BCUT2D eigenvalue weighted by molar-refractivity contribution is 5.96. The highest BCUT2D eigenvalue weighted by Crippen LogP contribution is 2.32. The average molecular weight is 591 g/mol. The topological polar surface area (TPSA) is 82.2 Å². The molecule has 42 heavy (non-hydrogen) atoms. The van der Waals surface area contributed by atoms with Crippen molar-refractivity contribution < 1.29 is 28.9 Å². The van der Waals surface area contributed by atoms with Gasteiger partial charge in [0.05, 0.1) is 0 Å². The molecule has 0 N–H and O–H groups in total. The third kappa shape index (κ3) is 23.5. The van der Waals surface area contributed by atoms with Crippen molar-refractivity contribution in [1.29, 1.82) is 0 Å². The molecule has 0 spiro atoms. The molecule has 0 aromatic heterocycles. The summed E-state index contributed by atoms with van der Waals surface area (Å²) in [6.07, 6.45) is 34.9. The van der Waals surface area contributed by atoms with Crippen LogP contribution in [-0.4, -0.2) is 17.7 Å². The van der Waals surface area contributed by atoms with Crippen LogP contribution in [0.4, 0.5) is 0 Å². The van der Waals surface area contributed by atoms with E-state index in [0.29, 0.717) is 18.6 Å². The molecular formula is C36H62O6. The molecule has 1 heterocycles. The highest BCUT2D eigenvalue weighted by atomic mass is 17.2. The number of ketones is 1. The minimum atomic E-state index is -0.884. The third-order valence-corrected chi connectivity index (χ3v) is 8.01. The van der Waals surface area contributed by atoms with Gasteiger partial charge in [-0.1, -0.05) is 162 Å². The summed E-state index contributed by atoms with van der Waals surface area (Å²) in [5.74, 6) is -1.06. The zero-order valence-corrected chi connectivity index (χ0v) is 27.2. The van der Waals surface area contributed by atoms with Gasteiger partial charge in [0.25, 0.3) is 5.76 Å². The van der Waals surface area contributed by atoms with E-state index < -0.39 is 11.9 Å². The van der Waals surface area contributed by atoms with Crippen molar-refractivity contribution >= 4 is 17.7 Å². The summed E-state index contributed by atoms with van der Waals surface area (Å²) in [4.78, 5) is 44.7. The van der Waals surface area contributed by atoms with Gasteiger partial charge in [-0.05, 0) is 18.9 Å². The van der Waals surface area contributed by atoms with Crippen LogP contribution >= 0.6 is 0 Å². The molecule has 6 heteroatoms. The van der Waals surface area contributed by atoms with Gasteiger partial charge in [-0.2, -0.15) is 0 Å². The van der Waals surface area contributed by atoms with Crippen molar-refractivity contribution in [2.45, 2.75) is 187 Å². The lowest BCUT2D eigenvalue weighted by molar-refractivity contribution is -0.252. The smallest absolute Gasteiger partial charge is 0.424 e. The second-order valence-electron chi connectivity index (χ2n) is 12.1. The lowest BCUT2D eigenvalue weighted by atomic mass is 10.0. The van der Waals surface area contributed by atoms with Gasteiger partial charge in [0, 0.05) is 18.9 Å². The van der Waals surface area contributed by atoms with Crippen molar-refractivity contribution in [1.82, 2.24) is 0 Å². The van der Waals surface area contributed by atoms with E-state index in [9.17, 15) is 14.4 Å². The van der Waals surface area contributed by atoms with Gasteiger partial charge in [-0.3, -0.25) is 4.79 Å². The Hall–Kier alpha value is -2.11. The Morgan fingerprint density at radius 2 is 0.929 bits per heavy atom. The molecule has 242 valence electrons. The van der Waals surface area contributed by atoms with Crippen molar-refractivity contribution in [2.24, 2.45) is 0 Å². The molecule has 1 aliphatic heterocycles. The monoisotopic (exact) mass is 590 g/mol. The fourth-order valence-electron chi connectivity index (χ4n) is 5.25. The molecule has 0 saturated heterocycles. The van der Waals surface area contributed by atoms with Gasteiger partial charge in [0.1, 0.15) is 0 Å². The van der Waals surface area contributed by atoms with Crippen LogP contribution < -0.4 is 0 Å². The van der Waals surface area contributed by atoms with E-state index >= 15 is 0 Å². The van der Waals surface area contributed by atoms with E-state index in [1.54, 1.807) is 0 Å². The number of ether oxygens (including phenoxy) is 1. The van der Waals surface area contributed by atoms with E-state index in [1.807, 2.05) is 0 Å². The molecule has 0 aliphatic carbocycles. The molecular weight excluding hydrogens is 528 g/mol. The van der Waals surface area contributed by atoms with Crippen LogP contribution in [0.3, 0.4) is 0 Å². The number of hydrogen-bond acceptors (Lipinski definition) is 6. The first-order valence-electron chi connectivity index (χ1n) is 17.6. The standard InChI is InChI=1S/C36H62O6/c1-3-5-7-9-11-13-15-17-19-21-23-25-27-29-33-35(40-33)36(39)42-41-34(38)31-30-32(37)28-26-24-22-20-18-16-14-12-10-8-6-4-2/h30-31H,3-29H2,1-2H3/b31-30+. The molecule has 0 atom stereocenters. The Morgan fingerprint density at radius 1 is 0.524 bits per heavy atom. The van der Waals surface area contributed by atoms with Crippen LogP contribution in [0.2, 0.25) is 0 Å². The number of unbranched alkanes of at least 4 members (excludes halogenated alkanes) is 23. The first-order chi connectivity index (χ1) is 20.6. The van der Waals surface area contributed by atoms with E-state index in [-0.39, 0.29) is 11.5 Å². The van der Waals surface area contributed by atoms with E-state index in [4.69, 9.17) is 4.74 Å². The summed E-state index contributed by atoms with van der Waals surface area (Å²) < 4.78 is 5.22. The Labute approximate surface area is 257 Å². The van der Waals surface area contributed by atoms with E-state index in [1.165, 1.54) is 134 Å². The van der Waals surface area contributed by atoms with Crippen molar-refractivity contribution in [3.05, 3.63) is 23.7 Å². The van der Waals surface area contributed by atoms with Crippen LogP contribution in [0.15, 0.2) is 23.7 Å². The summed E-state index contributed by atoms with van der Waals surface area (Å²) in [5, 5.41) is 0. The largest absolute Gasteiger partial charge is 0.446 e. The Bertz CT molecular complexity index is 769. The zero-order chi connectivity index (χ0) is 30.5. The average Bonchev–Trinajstić information content (AvgIpc) is 3.77. The maximum atomic E-state index is 12.0. The van der Waals surface area contributed by atoms with Gasteiger partial charge in [0.15, 0.2) is 11.5 Å². The minimum Gasteiger partial charge on any atom is -0.446 e. The number of hydrogen-bond donors (Lipinski definition) is 0. The molecule has 0 aromatic rings. The SMILES string of the molecule is CCCCCCCCCCCCCCCC1=C(C(=O)OOC(=O)/C=C/C(=O)CCCCCCCCCCCCCC)O1. The van der Waals surface area contributed by atoms with E-state index in [2.05, 4.69) is 23.6 Å². The van der Waals surface area contributed by atoms with Gasteiger partial charge >= 0.3 is 11.9 Å². The maximum Gasteiger partial charge on any atom is 0.424 e. The number of carbonyl (C=O) groups is 3. The van der Waals surface area contributed by atoms with Crippen molar-refractivity contribution in [3.63, 3.8) is 0 Å². The van der Waals surface area contributed by atoms with Gasteiger partial charge < -0.3 is 4.74 Å².